The van der Waals surface area contributed by atoms with E-state index in [9.17, 15) is 14.4 Å². The Morgan fingerprint density at radius 1 is 1.09 bits per heavy atom. The number of nitrogens with zero attached hydrogens (tertiary/aromatic N) is 2. The lowest BCUT2D eigenvalue weighted by atomic mass is 10.2. The van der Waals surface area contributed by atoms with Crippen molar-refractivity contribution in [3.8, 4) is 0 Å². The average molecular weight is 508 g/mol. The standard InChI is InChI=1S/C26H22ClN3O4S/c1-34-25(33)18-10-12-20(13-11-18)28-24(32)22-15-23(31)30(16-17-6-3-2-4-7-17)26(35-22)29-21-9-5-8-19(27)14-21/h2-14,22H,15-16H2,1H3,(H,28,32). The maximum atomic E-state index is 13.2. The first kappa shape index (κ1) is 24.5. The Bertz CT molecular complexity index is 1270. The molecule has 0 saturated carbocycles. The van der Waals surface area contributed by atoms with Gasteiger partial charge in [0.1, 0.15) is 5.25 Å². The SMILES string of the molecule is COC(=O)c1ccc(NC(=O)C2CC(=O)N(Cc3ccccc3)C(=Nc3cccc(Cl)c3)S2)cc1. The van der Waals surface area contributed by atoms with Crippen LogP contribution in [0, 0.1) is 0 Å². The maximum absolute atomic E-state index is 13.2. The third kappa shape index (κ3) is 6.29. The second-order valence-corrected chi connectivity index (χ2v) is 9.31. The fourth-order valence-corrected chi connectivity index (χ4v) is 4.73. The van der Waals surface area contributed by atoms with Gasteiger partial charge in [0.05, 0.1) is 24.9 Å². The molecule has 9 heteroatoms. The number of thioether (sulfide) groups is 1. The van der Waals surface area contributed by atoms with Gasteiger partial charge in [0.2, 0.25) is 11.8 Å². The van der Waals surface area contributed by atoms with Crippen LogP contribution < -0.4 is 5.32 Å². The van der Waals surface area contributed by atoms with Gasteiger partial charge in [-0.05, 0) is 48.0 Å². The highest BCUT2D eigenvalue weighted by atomic mass is 35.5. The normalized spacial score (nSPS) is 16.7. The minimum absolute atomic E-state index is 0.0259. The molecule has 0 aliphatic carbocycles. The molecule has 2 amide bonds. The summed E-state index contributed by atoms with van der Waals surface area (Å²) in [6.45, 7) is 0.343. The van der Waals surface area contributed by atoms with Crippen molar-refractivity contribution in [1.29, 1.82) is 0 Å². The molecule has 1 unspecified atom stereocenters. The molecule has 1 N–H and O–H groups in total. The summed E-state index contributed by atoms with van der Waals surface area (Å²) in [7, 11) is 1.30. The van der Waals surface area contributed by atoms with Crippen LogP contribution in [0.4, 0.5) is 11.4 Å². The number of methoxy groups -OCH3 is 1. The zero-order valence-electron chi connectivity index (χ0n) is 18.8. The third-order valence-corrected chi connectivity index (χ3v) is 6.64. The molecule has 1 heterocycles. The maximum Gasteiger partial charge on any atom is 0.337 e. The first-order valence-corrected chi connectivity index (χ1v) is 12.0. The molecule has 7 nitrogen and oxygen atoms in total. The number of amides is 2. The van der Waals surface area contributed by atoms with Crippen LogP contribution in [0.2, 0.25) is 5.02 Å². The van der Waals surface area contributed by atoms with Crippen LogP contribution in [-0.4, -0.2) is 40.2 Å². The van der Waals surface area contributed by atoms with E-state index in [0.29, 0.717) is 33.7 Å². The lowest BCUT2D eigenvalue weighted by Crippen LogP contribution is -2.44. The third-order valence-electron chi connectivity index (χ3n) is 5.22. The highest BCUT2D eigenvalue weighted by Crippen LogP contribution is 2.31. The number of carbonyl (C=O) groups is 3. The van der Waals surface area contributed by atoms with Crippen molar-refractivity contribution in [2.45, 2.75) is 18.2 Å². The zero-order valence-corrected chi connectivity index (χ0v) is 20.4. The molecule has 0 spiro atoms. The molecule has 1 fully saturated rings. The largest absolute Gasteiger partial charge is 0.465 e. The van der Waals surface area contributed by atoms with E-state index in [4.69, 9.17) is 16.3 Å². The van der Waals surface area contributed by atoms with Crippen LogP contribution in [0.3, 0.4) is 0 Å². The summed E-state index contributed by atoms with van der Waals surface area (Å²) in [4.78, 5) is 44.1. The number of rotatable bonds is 6. The van der Waals surface area contributed by atoms with Gasteiger partial charge in [-0.3, -0.25) is 14.5 Å². The molecule has 35 heavy (non-hydrogen) atoms. The quantitative estimate of drug-likeness (QED) is 0.458. The summed E-state index contributed by atoms with van der Waals surface area (Å²) < 4.78 is 4.69. The minimum atomic E-state index is -0.673. The smallest absolute Gasteiger partial charge is 0.337 e. The minimum Gasteiger partial charge on any atom is -0.465 e. The number of carbonyl (C=O) groups excluding carboxylic acids is 3. The van der Waals surface area contributed by atoms with Crippen LogP contribution in [0.15, 0.2) is 83.9 Å². The predicted molar refractivity (Wildman–Crippen MR) is 138 cm³/mol. The number of ether oxygens (including phenoxy) is 1. The average Bonchev–Trinajstić information content (AvgIpc) is 2.86. The number of nitrogens with one attached hydrogen (secondary N) is 1. The molecule has 3 aromatic carbocycles. The van der Waals surface area contributed by atoms with Crippen molar-refractivity contribution in [2.24, 2.45) is 4.99 Å². The Morgan fingerprint density at radius 3 is 2.51 bits per heavy atom. The number of anilines is 1. The van der Waals surface area contributed by atoms with Crippen LogP contribution in [0.1, 0.15) is 22.3 Å². The van der Waals surface area contributed by atoms with Crippen molar-refractivity contribution in [3.63, 3.8) is 0 Å². The molecule has 1 atom stereocenters. The molecule has 178 valence electrons. The molecular formula is C26H22ClN3O4S. The van der Waals surface area contributed by atoms with Crippen molar-refractivity contribution in [2.75, 3.05) is 12.4 Å². The number of hydrogen-bond acceptors (Lipinski definition) is 6. The van der Waals surface area contributed by atoms with E-state index in [0.717, 1.165) is 5.56 Å². The Morgan fingerprint density at radius 2 is 1.83 bits per heavy atom. The Balaban J connectivity index is 1.55. The molecule has 1 saturated heterocycles. The van der Waals surface area contributed by atoms with E-state index in [1.165, 1.54) is 18.9 Å². The van der Waals surface area contributed by atoms with E-state index in [1.54, 1.807) is 53.4 Å². The molecular weight excluding hydrogens is 486 g/mol. The molecule has 4 rings (SSSR count). The number of benzene rings is 3. The molecule has 3 aromatic rings. The fraction of sp³-hybridized carbons (Fsp3) is 0.154. The van der Waals surface area contributed by atoms with Gasteiger partial charge in [-0.25, -0.2) is 9.79 Å². The second kappa shape index (κ2) is 11.2. The second-order valence-electron chi connectivity index (χ2n) is 7.71. The van der Waals surface area contributed by atoms with Crippen molar-refractivity contribution < 1.29 is 19.1 Å². The first-order chi connectivity index (χ1) is 16.9. The molecule has 0 bridgehead atoms. The van der Waals surface area contributed by atoms with Gasteiger partial charge in [-0.2, -0.15) is 0 Å². The van der Waals surface area contributed by atoms with Crippen molar-refractivity contribution in [3.05, 3.63) is 95.0 Å². The van der Waals surface area contributed by atoms with Crippen LogP contribution in [0.5, 0.6) is 0 Å². The number of esters is 1. The molecule has 1 aliphatic rings. The summed E-state index contributed by atoms with van der Waals surface area (Å²) in [5.74, 6) is -0.987. The first-order valence-electron chi connectivity index (χ1n) is 10.8. The van der Waals surface area contributed by atoms with Crippen molar-refractivity contribution >= 4 is 57.7 Å². The summed E-state index contributed by atoms with van der Waals surface area (Å²) in [5.41, 5.74) is 2.43. The predicted octanol–water partition coefficient (Wildman–Crippen LogP) is 5.29. The topological polar surface area (TPSA) is 88.1 Å². The molecule has 0 aromatic heterocycles. The van der Waals surface area contributed by atoms with Gasteiger partial charge in [-0.1, -0.05) is 59.8 Å². The summed E-state index contributed by atoms with van der Waals surface area (Å²) in [5, 5.41) is 3.09. The fourth-order valence-electron chi connectivity index (χ4n) is 3.45. The van der Waals surface area contributed by atoms with Crippen molar-refractivity contribution in [1.82, 2.24) is 4.90 Å². The van der Waals surface area contributed by atoms with Gasteiger partial charge in [0, 0.05) is 17.1 Å². The zero-order chi connectivity index (χ0) is 24.8. The Labute approximate surface area is 212 Å². The Kier molecular flexibility index (Phi) is 7.84. The number of amidine groups is 1. The highest BCUT2D eigenvalue weighted by Gasteiger charge is 2.36. The monoisotopic (exact) mass is 507 g/mol. The molecule has 0 radical (unpaired) electrons. The lowest BCUT2D eigenvalue weighted by molar-refractivity contribution is -0.129. The Hall–Kier alpha value is -3.62. The summed E-state index contributed by atoms with van der Waals surface area (Å²) in [6, 6.07) is 23.0. The van der Waals surface area contributed by atoms with E-state index >= 15 is 0 Å². The van der Waals surface area contributed by atoms with Crippen LogP contribution >= 0.6 is 23.4 Å². The summed E-state index contributed by atoms with van der Waals surface area (Å²) in [6.07, 6.45) is 0.0259. The van der Waals surface area contributed by atoms with E-state index in [2.05, 4.69) is 10.3 Å². The molecule has 1 aliphatic heterocycles. The van der Waals surface area contributed by atoms with Gasteiger partial charge >= 0.3 is 5.97 Å². The van der Waals surface area contributed by atoms with Gasteiger partial charge in [0.15, 0.2) is 5.17 Å². The van der Waals surface area contributed by atoms with E-state index < -0.39 is 11.2 Å². The van der Waals surface area contributed by atoms with Crippen LogP contribution in [0.25, 0.3) is 0 Å². The van der Waals surface area contributed by atoms with Gasteiger partial charge in [-0.15, -0.1) is 0 Å². The highest BCUT2D eigenvalue weighted by molar-refractivity contribution is 8.15. The summed E-state index contributed by atoms with van der Waals surface area (Å²) >= 11 is 7.35. The van der Waals surface area contributed by atoms with Crippen LogP contribution in [-0.2, 0) is 20.9 Å². The lowest BCUT2D eigenvalue weighted by Gasteiger charge is -2.32. The van der Waals surface area contributed by atoms with E-state index in [-0.39, 0.29) is 18.2 Å². The van der Waals surface area contributed by atoms with E-state index in [1.807, 2.05) is 30.3 Å². The van der Waals surface area contributed by atoms with Gasteiger partial charge < -0.3 is 10.1 Å². The number of halogens is 1. The van der Waals surface area contributed by atoms with Gasteiger partial charge in [0.25, 0.3) is 0 Å². The number of hydrogen-bond donors (Lipinski definition) is 1. The number of aliphatic imine (C=N–C) groups is 1.